The van der Waals surface area contributed by atoms with E-state index < -0.39 is 0 Å². The minimum Gasteiger partial charge on any atom is -0.398 e. The number of nitrogen functional groups attached to an aromatic ring is 2. The van der Waals surface area contributed by atoms with Crippen LogP contribution >= 0.6 is 0 Å². The number of fused-ring (bicyclic) bond motifs is 2. The second-order valence-corrected chi connectivity index (χ2v) is 6.62. The molecule has 5 N–H and O–H groups in total. The molecule has 3 aromatic rings. The summed E-state index contributed by atoms with van der Waals surface area (Å²) in [5.74, 6) is -0.551. The second kappa shape index (κ2) is 6.28. The zero-order valence-corrected chi connectivity index (χ0v) is 14.9. The van der Waals surface area contributed by atoms with Crippen molar-refractivity contribution in [1.29, 1.82) is 0 Å². The summed E-state index contributed by atoms with van der Waals surface area (Å²) in [5.41, 5.74) is 14.2. The predicted molar refractivity (Wildman–Crippen MR) is 103 cm³/mol. The molecule has 1 aromatic heterocycles. The molecule has 27 heavy (non-hydrogen) atoms. The van der Waals surface area contributed by atoms with Crippen LogP contribution in [0.25, 0.3) is 0 Å². The third-order valence-corrected chi connectivity index (χ3v) is 4.77. The molecule has 4 rings (SSSR count). The molecule has 0 fully saturated rings. The van der Waals surface area contributed by atoms with Gasteiger partial charge in [0.15, 0.2) is 11.6 Å². The molecule has 7 heteroatoms. The first kappa shape index (κ1) is 16.8. The summed E-state index contributed by atoms with van der Waals surface area (Å²) < 4.78 is 3.99. The topological polar surface area (TPSA) is 107 Å². The Morgan fingerprint density at radius 3 is 2.37 bits per heavy atom. The van der Waals surface area contributed by atoms with Crippen LogP contribution < -0.4 is 21.4 Å². The highest BCUT2D eigenvalue weighted by Crippen LogP contribution is 2.36. The van der Waals surface area contributed by atoms with Crippen LogP contribution in [0.15, 0.2) is 49.1 Å². The summed E-state index contributed by atoms with van der Waals surface area (Å²) in [6.07, 6.45) is 5.89. The van der Waals surface area contributed by atoms with Crippen molar-refractivity contribution in [2.75, 3.05) is 23.3 Å². The molecule has 0 aliphatic heterocycles. The van der Waals surface area contributed by atoms with E-state index in [9.17, 15) is 9.59 Å². The van der Waals surface area contributed by atoms with Crippen molar-refractivity contribution in [2.24, 2.45) is 7.05 Å². The van der Waals surface area contributed by atoms with E-state index >= 15 is 0 Å². The number of anilines is 3. The van der Waals surface area contributed by atoms with Gasteiger partial charge in [-0.1, -0.05) is 12.1 Å². The molecular formula is C20H20N5O2+. The molecule has 136 valence electrons. The molecule has 0 amide bonds. The largest absolute Gasteiger partial charge is 0.398 e. The molecule has 1 aliphatic carbocycles. The molecule has 0 atom stereocenters. The number of hydrogen-bond acceptors (Lipinski definition) is 5. The molecule has 0 unspecified atom stereocenters. The molecule has 0 saturated heterocycles. The monoisotopic (exact) mass is 362 g/mol. The average molecular weight is 362 g/mol. The maximum absolute atomic E-state index is 13.1. The first-order valence-corrected chi connectivity index (χ1v) is 8.62. The van der Waals surface area contributed by atoms with Crippen molar-refractivity contribution >= 4 is 28.6 Å². The summed E-state index contributed by atoms with van der Waals surface area (Å²) in [4.78, 5) is 26.1. The van der Waals surface area contributed by atoms with Crippen molar-refractivity contribution in [3.63, 3.8) is 0 Å². The van der Waals surface area contributed by atoms with E-state index in [1.54, 1.807) is 30.3 Å². The number of aryl methyl sites for hydroxylation is 1. The number of carbonyl (C=O) groups is 2. The van der Waals surface area contributed by atoms with Crippen molar-refractivity contribution in [3.8, 4) is 0 Å². The van der Waals surface area contributed by atoms with Crippen LogP contribution in [-0.4, -0.2) is 22.7 Å². The maximum atomic E-state index is 13.1. The van der Waals surface area contributed by atoms with Crippen molar-refractivity contribution in [1.82, 2.24) is 4.57 Å². The SMILES string of the molecule is C[n+]1ccn(CCNc2cccc3c2C(=O)c2c(N)ccc(N)c2C3=O)c1. The lowest BCUT2D eigenvalue weighted by Crippen LogP contribution is -2.26. The van der Waals surface area contributed by atoms with Crippen LogP contribution in [0, 0.1) is 0 Å². The molecule has 1 heterocycles. The number of imidazole rings is 1. The highest BCUT2D eigenvalue weighted by Gasteiger charge is 2.34. The van der Waals surface area contributed by atoms with Gasteiger partial charge in [0.1, 0.15) is 18.9 Å². The fraction of sp³-hybridized carbons (Fsp3) is 0.150. The lowest BCUT2D eigenvalue weighted by molar-refractivity contribution is -0.671. The first-order valence-electron chi connectivity index (χ1n) is 8.62. The Morgan fingerprint density at radius 1 is 1.00 bits per heavy atom. The normalized spacial score (nSPS) is 12.6. The molecule has 0 radical (unpaired) electrons. The molecule has 1 aliphatic rings. The first-order chi connectivity index (χ1) is 13.0. The van der Waals surface area contributed by atoms with Gasteiger partial charge in [-0.15, -0.1) is 0 Å². The number of carbonyl (C=O) groups excluding carboxylic acids is 2. The number of aromatic nitrogens is 2. The van der Waals surface area contributed by atoms with Crippen molar-refractivity contribution < 1.29 is 14.2 Å². The number of hydrogen-bond donors (Lipinski definition) is 3. The highest BCUT2D eigenvalue weighted by atomic mass is 16.1. The molecule has 0 bridgehead atoms. The van der Waals surface area contributed by atoms with E-state index in [2.05, 4.69) is 5.32 Å². The van der Waals surface area contributed by atoms with Crippen molar-refractivity contribution in [3.05, 3.63) is 71.3 Å². The number of nitrogens with two attached hydrogens (primary N) is 2. The van der Waals surface area contributed by atoms with Gasteiger partial charge < -0.3 is 16.8 Å². The van der Waals surface area contributed by atoms with Gasteiger partial charge in [-0.3, -0.25) is 9.59 Å². The lowest BCUT2D eigenvalue weighted by Gasteiger charge is -2.22. The number of nitrogens with zero attached hydrogens (tertiary/aromatic N) is 2. The van der Waals surface area contributed by atoms with Crippen LogP contribution in [0.2, 0.25) is 0 Å². The van der Waals surface area contributed by atoms with Gasteiger partial charge >= 0.3 is 0 Å². The number of ketones is 2. The number of rotatable bonds is 4. The highest BCUT2D eigenvalue weighted by molar-refractivity contribution is 6.33. The van der Waals surface area contributed by atoms with Crippen molar-refractivity contribution in [2.45, 2.75) is 6.54 Å². The number of benzene rings is 2. The minimum absolute atomic E-state index is 0.194. The zero-order chi connectivity index (χ0) is 19.1. The Labute approximate surface area is 156 Å². The van der Waals surface area contributed by atoms with E-state index in [1.165, 1.54) is 0 Å². The lowest BCUT2D eigenvalue weighted by atomic mass is 9.81. The Balaban J connectivity index is 1.69. The van der Waals surface area contributed by atoms with E-state index in [0.29, 0.717) is 23.4 Å². The summed E-state index contributed by atoms with van der Waals surface area (Å²) in [6, 6.07) is 8.33. The summed E-state index contributed by atoms with van der Waals surface area (Å²) in [6.45, 7) is 1.32. The summed E-state index contributed by atoms with van der Waals surface area (Å²) >= 11 is 0. The molecule has 0 spiro atoms. The molecule has 0 saturated carbocycles. The zero-order valence-electron chi connectivity index (χ0n) is 14.9. The van der Waals surface area contributed by atoms with Gasteiger partial charge in [-0.05, 0) is 18.2 Å². The van der Waals surface area contributed by atoms with Crippen LogP contribution in [0.3, 0.4) is 0 Å². The van der Waals surface area contributed by atoms with Gasteiger partial charge in [-0.2, -0.15) is 0 Å². The van der Waals surface area contributed by atoms with E-state index in [4.69, 9.17) is 11.5 Å². The van der Waals surface area contributed by atoms with E-state index in [-0.39, 0.29) is 34.1 Å². The summed E-state index contributed by atoms with van der Waals surface area (Å²) in [5, 5.41) is 3.27. The Morgan fingerprint density at radius 2 is 1.70 bits per heavy atom. The smallest absolute Gasteiger partial charge is 0.243 e. The van der Waals surface area contributed by atoms with Crippen LogP contribution in [0.1, 0.15) is 31.8 Å². The van der Waals surface area contributed by atoms with Gasteiger partial charge in [0.05, 0.1) is 30.3 Å². The van der Waals surface area contributed by atoms with Gasteiger partial charge in [0.25, 0.3) is 0 Å². The van der Waals surface area contributed by atoms with E-state index in [1.807, 2.05) is 34.9 Å². The fourth-order valence-corrected chi connectivity index (χ4v) is 3.47. The average Bonchev–Trinajstić information content (AvgIpc) is 3.06. The molecular weight excluding hydrogens is 342 g/mol. The Kier molecular flexibility index (Phi) is 3.92. The quantitative estimate of drug-likeness (QED) is 0.375. The third kappa shape index (κ3) is 2.73. The standard InChI is InChI=1S/C20H19N5O2/c1-24-9-10-25(11-24)8-7-23-15-4-2-3-12-16(15)20(27)18-14(22)6-5-13(21)17(18)19(12)26/h2-6,9-11H,7-8H2,1H3,(H4-,21,22,23,26,27)/p+1. The second-order valence-electron chi connectivity index (χ2n) is 6.62. The van der Waals surface area contributed by atoms with Gasteiger partial charge in [0.2, 0.25) is 6.33 Å². The van der Waals surface area contributed by atoms with Crippen LogP contribution in [0.5, 0.6) is 0 Å². The van der Waals surface area contributed by atoms with Crippen LogP contribution in [-0.2, 0) is 13.6 Å². The maximum Gasteiger partial charge on any atom is 0.243 e. The predicted octanol–water partition coefficient (Wildman–Crippen LogP) is 1.36. The minimum atomic E-state index is -0.278. The molecule has 2 aromatic carbocycles. The van der Waals surface area contributed by atoms with Crippen LogP contribution in [0.4, 0.5) is 17.1 Å². The Hall–Kier alpha value is -3.61. The molecule has 7 nitrogen and oxygen atoms in total. The Bertz CT molecular complexity index is 1080. The number of nitrogens with one attached hydrogen (secondary N) is 1. The third-order valence-electron chi connectivity index (χ3n) is 4.77. The van der Waals surface area contributed by atoms with Gasteiger partial charge in [0, 0.05) is 22.6 Å². The van der Waals surface area contributed by atoms with Gasteiger partial charge in [-0.25, -0.2) is 9.13 Å². The van der Waals surface area contributed by atoms with E-state index in [0.717, 1.165) is 6.54 Å². The fourth-order valence-electron chi connectivity index (χ4n) is 3.47. The summed E-state index contributed by atoms with van der Waals surface area (Å²) in [7, 11) is 1.95.